The third-order valence-electron chi connectivity index (χ3n) is 2.61. The number of pyridine rings is 1. The largest absolute Gasteiger partial charge is 0.488 e. The van der Waals surface area contributed by atoms with Crippen molar-refractivity contribution in [2.75, 3.05) is 0 Å². The van der Waals surface area contributed by atoms with Crippen molar-refractivity contribution in [2.24, 2.45) is 5.73 Å². The number of H-pyrrole nitrogens is 1. The predicted molar refractivity (Wildman–Crippen MR) is 70.7 cm³/mol. The molecular weight excluding hydrogens is 244 g/mol. The fourth-order valence-corrected chi connectivity index (χ4v) is 1.70. The molecule has 2 rings (SSSR count). The number of hydrogen-bond acceptors (Lipinski definition) is 3. The summed E-state index contributed by atoms with van der Waals surface area (Å²) in [5.41, 5.74) is 6.00. The number of carbonyl (C=O) groups excluding carboxylic acids is 1. The number of rotatable bonds is 5. The van der Waals surface area contributed by atoms with Crippen molar-refractivity contribution in [3.63, 3.8) is 0 Å². The quantitative estimate of drug-likeness (QED) is 0.838. The maximum Gasteiger partial charge on any atom is 0.255 e. The SMILES string of the molecule is NC(=O)Cc1c(OCc2ccccc2)cc[nH]c1=O. The van der Waals surface area contributed by atoms with Gasteiger partial charge in [-0.25, -0.2) is 0 Å². The minimum Gasteiger partial charge on any atom is -0.488 e. The minimum atomic E-state index is -0.568. The van der Waals surface area contributed by atoms with Crippen LogP contribution in [0.4, 0.5) is 0 Å². The van der Waals surface area contributed by atoms with E-state index >= 15 is 0 Å². The van der Waals surface area contributed by atoms with Gasteiger partial charge in [-0.2, -0.15) is 0 Å². The topological polar surface area (TPSA) is 85.2 Å². The molecular formula is C14H14N2O3. The van der Waals surface area contributed by atoms with E-state index < -0.39 is 5.91 Å². The summed E-state index contributed by atoms with van der Waals surface area (Å²) < 4.78 is 5.58. The van der Waals surface area contributed by atoms with Gasteiger partial charge in [0.1, 0.15) is 12.4 Å². The molecule has 3 N–H and O–H groups in total. The van der Waals surface area contributed by atoms with E-state index in [0.717, 1.165) is 5.56 Å². The Balaban J connectivity index is 2.18. The highest BCUT2D eigenvalue weighted by Gasteiger charge is 2.11. The molecule has 1 aromatic heterocycles. The number of aromatic amines is 1. The number of primary amides is 1. The van der Waals surface area contributed by atoms with E-state index in [-0.39, 0.29) is 17.5 Å². The molecule has 0 bridgehead atoms. The fourth-order valence-electron chi connectivity index (χ4n) is 1.70. The summed E-state index contributed by atoms with van der Waals surface area (Å²) >= 11 is 0. The molecule has 5 heteroatoms. The van der Waals surface area contributed by atoms with Gasteiger partial charge >= 0.3 is 0 Å². The highest BCUT2D eigenvalue weighted by atomic mass is 16.5. The summed E-state index contributed by atoms with van der Waals surface area (Å²) in [6.45, 7) is 0.329. The normalized spacial score (nSPS) is 10.1. The van der Waals surface area contributed by atoms with Crippen molar-refractivity contribution in [1.82, 2.24) is 4.98 Å². The van der Waals surface area contributed by atoms with Crippen molar-refractivity contribution < 1.29 is 9.53 Å². The Morgan fingerprint density at radius 2 is 1.95 bits per heavy atom. The van der Waals surface area contributed by atoms with Crippen LogP contribution in [0.5, 0.6) is 5.75 Å². The van der Waals surface area contributed by atoms with Crippen molar-refractivity contribution in [1.29, 1.82) is 0 Å². The number of benzene rings is 1. The van der Waals surface area contributed by atoms with Crippen LogP contribution in [0.3, 0.4) is 0 Å². The molecule has 0 spiro atoms. The van der Waals surface area contributed by atoms with Gasteiger partial charge < -0.3 is 15.5 Å². The van der Waals surface area contributed by atoms with Crippen LogP contribution in [0, 0.1) is 0 Å². The molecule has 0 saturated carbocycles. The van der Waals surface area contributed by atoms with Gasteiger partial charge in [0.2, 0.25) is 5.91 Å². The first-order valence-corrected chi connectivity index (χ1v) is 5.82. The Labute approximate surface area is 110 Å². The first-order chi connectivity index (χ1) is 9.16. The number of nitrogens with two attached hydrogens (primary N) is 1. The molecule has 0 fully saturated rings. The van der Waals surface area contributed by atoms with Crippen LogP contribution >= 0.6 is 0 Å². The van der Waals surface area contributed by atoms with Crippen LogP contribution in [0.1, 0.15) is 11.1 Å². The molecule has 0 aliphatic rings. The summed E-state index contributed by atoms with van der Waals surface area (Å²) in [6.07, 6.45) is 1.34. The van der Waals surface area contributed by atoms with E-state index in [4.69, 9.17) is 10.5 Å². The van der Waals surface area contributed by atoms with E-state index in [0.29, 0.717) is 12.4 Å². The minimum absolute atomic E-state index is 0.139. The summed E-state index contributed by atoms with van der Waals surface area (Å²) in [4.78, 5) is 25.1. The molecule has 0 aliphatic carbocycles. The smallest absolute Gasteiger partial charge is 0.255 e. The maximum atomic E-state index is 11.6. The summed E-state index contributed by atoms with van der Waals surface area (Å²) in [5.74, 6) is -0.187. The second-order valence-corrected chi connectivity index (χ2v) is 4.07. The Hall–Kier alpha value is -2.56. The van der Waals surface area contributed by atoms with E-state index in [9.17, 15) is 9.59 Å². The molecule has 0 aliphatic heterocycles. The van der Waals surface area contributed by atoms with Crippen LogP contribution in [-0.2, 0) is 17.8 Å². The molecule has 0 atom stereocenters. The first-order valence-electron chi connectivity index (χ1n) is 5.82. The van der Waals surface area contributed by atoms with E-state index in [1.807, 2.05) is 30.3 Å². The zero-order valence-electron chi connectivity index (χ0n) is 10.3. The van der Waals surface area contributed by atoms with E-state index in [2.05, 4.69) is 4.98 Å². The Bertz CT molecular complexity index is 620. The van der Waals surface area contributed by atoms with Crippen molar-refractivity contribution in [3.05, 3.63) is 64.1 Å². The highest BCUT2D eigenvalue weighted by Crippen LogP contribution is 2.15. The molecule has 19 heavy (non-hydrogen) atoms. The zero-order valence-corrected chi connectivity index (χ0v) is 10.3. The molecule has 1 aromatic carbocycles. The zero-order chi connectivity index (χ0) is 13.7. The van der Waals surface area contributed by atoms with Crippen LogP contribution in [0.25, 0.3) is 0 Å². The van der Waals surface area contributed by atoms with Crippen molar-refractivity contribution in [3.8, 4) is 5.75 Å². The summed E-state index contributed by atoms with van der Waals surface area (Å²) in [5, 5.41) is 0. The number of nitrogens with one attached hydrogen (secondary N) is 1. The average molecular weight is 258 g/mol. The van der Waals surface area contributed by atoms with Crippen LogP contribution in [0.15, 0.2) is 47.4 Å². The molecule has 1 heterocycles. The van der Waals surface area contributed by atoms with Gasteiger partial charge in [0.05, 0.1) is 12.0 Å². The van der Waals surface area contributed by atoms with Crippen LogP contribution in [0.2, 0.25) is 0 Å². The van der Waals surface area contributed by atoms with Gasteiger partial charge in [-0.05, 0) is 11.6 Å². The number of hydrogen-bond donors (Lipinski definition) is 2. The van der Waals surface area contributed by atoms with E-state index in [1.54, 1.807) is 6.07 Å². The number of ether oxygens (including phenoxy) is 1. The summed E-state index contributed by atoms with van der Waals surface area (Å²) in [7, 11) is 0. The molecule has 98 valence electrons. The van der Waals surface area contributed by atoms with Gasteiger partial charge in [-0.15, -0.1) is 0 Å². The summed E-state index contributed by atoms with van der Waals surface area (Å²) in [6, 6.07) is 11.2. The Kier molecular flexibility index (Phi) is 3.97. The molecule has 0 radical (unpaired) electrons. The van der Waals surface area contributed by atoms with Crippen LogP contribution < -0.4 is 16.0 Å². The monoisotopic (exact) mass is 258 g/mol. The highest BCUT2D eigenvalue weighted by molar-refractivity contribution is 5.77. The molecule has 1 amide bonds. The second kappa shape index (κ2) is 5.86. The Morgan fingerprint density at radius 3 is 2.63 bits per heavy atom. The predicted octanol–water partition coefficient (Wildman–Crippen LogP) is 0.982. The molecule has 0 saturated heterocycles. The lowest BCUT2D eigenvalue weighted by molar-refractivity contribution is -0.117. The van der Waals surface area contributed by atoms with Crippen molar-refractivity contribution in [2.45, 2.75) is 13.0 Å². The second-order valence-electron chi connectivity index (χ2n) is 4.07. The third kappa shape index (κ3) is 3.45. The third-order valence-corrected chi connectivity index (χ3v) is 2.61. The van der Waals surface area contributed by atoms with Crippen molar-refractivity contribution >= 4 is 5.91 Å². The lowest BCUT2D eigenvalue weighted by Gasteiger charge is -2.09. The van der Waals surface area contributed by atoms with Crippen LogP contribution in [-0.4, -0.2) is 10.9 Å². The van der Waals surface area contributed by atoms with Gasteiger partial charge in [-0.1, -0.05) is 30.3 Å². The molecule has 0 unspecified atom stereocenters. The number of aromatic nitrogens is 1. The number of amides is 1. The van der Waals surface area contributed by atoms with E-state index in [1.165, 1.54) is 6.20 Å². The van der Waals surface area contributed by atoms with Gasteiger partial charge in [0, 0.05) is 6.20 Å². The lowest BCUT2D eigenvalue weighted by Crippen LogP contribution is -2.22. The number of carbonyl (C=O) groups is 1. The van der Waals surface area contributed by atoms with Gasteiger partial charge in [-0.3, -0.25) is 9.59 Å². The van der Waals surface area contributed by atoms with Gasteiger partial charge in [0.25, 0.3) is 5.56 Å². The molecule has 5 nitrogen and oxygen atoms in total. The average Bonchev–Trinajstić information content (AvgIpc) is 2.40. The standard InChI is InChI=1S/C14H14N2O3/c15-13(17)8-11-12(6-7-16-14(11)18)19-9-10-4-2-1-3-5-10/h1-7H,8-9H2,(H2,15,17)(H,16,18). The maximum absolute atomic E-state index is 11.6. The fraction of sp³-hybridized carbons (Fsp3) is 0.143. The lowest BCUT2D eigenvalue weighted by atomic mass is 10.2. The first kappa shape index (κ1) is 12.9. The molecule has 2 aromatic rings. The Morgan fingerprint density at radius 1 is 1.21 bits per heavy atom. The van der Waals surface area contributed by atoms with Gasteiger partial charge in [0.15, 0.2) is 0 Å².